The Morgan fingerprint density at radius 2 is 1.90 bits per heavy atom. The van der Waals surface area contributed by atoms with Crippen LogP contribution in [-0.4, -0.2) is 40.8 Å². The van der Waals surface area contributed by atoms with Crippen LogP contribution in [-0.2, 0) is 0 Å². The molecule has 0 bridgehead atoms. The number of primary amides is 1. The number of nitrogens with one attached hydrogen (secondary N) is 1. The van der Waals surface area contributed by atoms with Gasteiger partial charge in [-0.05, 0) is 36.8 Å². The van der Waals surface area contributed by atoms with Crippen molar-refractivity contribution in [1.29, 1.82) is 0 Å². The van der Waals surface area contributed by atoms with E-state index >= 15 is 0 Å². The summed E-state index contributed by atoms with van der Waals surface area (Å²) >= 11 is 12.0. The standard InChI is InChI=1S/C21H20Cl2N2O6/c1-2-15(26)16(27)9-30-11-4-6-13-17(8-11)31-20(18(13)25-21(24)29)19(28)12-5-3-10(22)7-14(12)23/h3-8,15-16,26-27H,2,9H2,1H3,(H3,24,25,29). The number of ether oxygens (including phenoxy) is 1. The van der Waals surface area contributed by atoms with Crippen molar-refractivity contribution >= 4 is 51.7 Å². The summed E-state index contributed by atoms with van der Waals surface area (Å²) in [5.41, 5.74) is 5.72. The van der Waals surface area contributed by atoms with E-state index in [1.165, 1.54) is 24.3 Å². The van der Waals surface area contributed by atoms with E-state index in [1.807, 2.05) is 0 Å². The van der Waals surface area contributed by atoms with Crippen molar-refractivity contribution in [2.75, 3.05) is 11.9 Å². The number of amides is 2. The number of urea groups is 1. The maximum atomic E-state index is 13.1. The molecule has 5 N–H and O–H groups in total. The van der Waals surface area contributed by atoms with E-state index in [9.17, 15) is 19.8 Å². The topological polar surface area (TPSA) is 135 Å². The van der Waals surface area contributed by atoms with E-state index in [0.29, 0.717) is 22.6 Å². The predicted octanol–water partition coefficient (Wildman–Crippen LogP) is 3.97. The first-order valence-corrected chi connectivity index (χ1v) is 10.1. The Bertz CT molecular complexity index is 1130. The molecule has 0 saturated carbocycles. The first-order chi connectivity index (χ1) is 14.7. The number of ketones is 1. The summed E-state index contributed by atoms with van der Waals surface area (Å²) in [6.07, 6.45) is -1.59. The van der Waals surface area contributed by atoms with Crippen molar-refractivity contribution in [3.63, 3.8) is 0 Å². The van der Waals surface area contributed by atoms with Gasteiger partial charge in [-0.15, -0.1) is 0 Å². The summed E-state index contributed by atoms with van der Waals surface area (Å²) in [5.74, 6) is -0.417. The molecule has 2 atom stereocenters. The molecule has 31 heavy (non-hydrogen) atoms. The quantitative estimate of drug-likeness (QED) is 0.370. The molecule has 164 valence electrons. The van der Waals surface area contributed by atoms with Gasteiger partial charge >= 0.3 is 6.03 Å². The van der Waals surface area contributed by atoms with Gasteiger partial charge in [0.2, 0.25) is 5.78 Å². The Morgan fingerprint density at radius 3 is 2.55 bits per heavy atom. The zero-order chi connectivity index (χ0) is 22.7. The van der Waals surface area contributed by atoms with Gasteiger partial charge < -0.3 is 30.4 Å². The number of hydrogen-bond acceptors (Lipinski definition) is 6. The Hall–Kier alpha value is -2.78. The maximum absolute atomic E-state index is 13.1. The van der Waals surface area contributed by atoms with Crippen molar-refractivity contribution in [3.05, 3.63) is 57.8 Å². The van der Waals surface area contributed by atoms with Crippen LogP contribution in [0.4, 0.5) is 10.5 Å². The highest BCUT2D eigenvalue weighted by Crippen LogP contribution is 2.36. The molecule has 2 amide bonds. The number of furan rings is 1. The van der Waals surface area contributed by atoms with Gasteiger partial charge in [0, 0.05) is 22.0 Å². The van der Waals surface area contributed by atoms with Crippen molar-refractivity contribution in [2.24, 2.45) is 5.73 Å². The van der Waals surface area contributed by atoms with E-state index in [-0.39, 0.29) is 34.2 Å². The van der Waals surface area contributed by atoms with Gasteiger partial charge in [-0.3, -0.25) is 4.79 Å². The van der Waals surface area contributed by atoms with Gasteiger partial charge in [0.05, 0.1) is 11.1 Å². The lowest BCUT2D eigenvalue weighted by Gasteiger charge is -2.16. The Morgan fingerprint density at radius 1 is 1.16 bits per heavy atom. The number of aliphatic hydroxyl groups is 2. The second kappa shape index (κ2) is 9.57. The van der Waals surface area contributed by atoms with Crippen molar-refractivity contribution in [2.45, 2.75) is 25.6 Å². The molecule has 3 aromatic rings. The van der Waals surface area contributed by atoms with Gasteiger partial charge in [0.25, 0.3) is 0 Å². The van der Waals surface area contributed by atoms with E-state index in [4.69, 9.17) is 38.1 Å². The van der Waals surface area contributed by atoms with Crippen LogP contribution in [0.2, 0.25) is 10.0 Å². The molecular weight excluding hydrogens is 447 g/mol. The molecule has 0 fully saturated rings. The Balaban J connectivity index is 1.98. The van der Waals surface area contributed by atoms with Crippen LogP contribution in [0.5, 0.6) is 5.75 Å². The number of carbonyl (C=O) groups is 2. The number of anilines is 1. The largest absolute Gasteiger partial charge is 0.491 e. The molecule has 0 saturated heterocycles. The van der Waals surface area contributed by atoms with Crippen LogP contribution >= 0.6 is 23.2 Å². The Labute approximate surface area is 187 Å². The summed E-state index contributed by atoms with van der Waals surface area (Å²) in [7, 11) is 0. The number of rotatable bonds is 8. The van der Waals surface area contributed by atoms with Gasteiger partial charge in [-0.2, -0.15) is 0 Å². The van der Waals surface area contributed by atoms with Crippen LogP contribution < -0.4 is 15.8 Å². The summed E-state index contributed by atoms with van der Waals surface area (Å²) < 4.78 is 11.2. The van der Waals surface area contributed by atoms with E-state index in [2.05, 4.69) is 5.32 Å². The lowest BCUT2D eigenvalue weighted by atomic mass is 10.1. The molecule has 2 unspecified atom stereocenters. The number of fused-ring (bicyclic) bond motifs is 1. The minimum atomic E-state index is -1.06. The van der Waals surface area contributed by atoms with Crippen molar-refractivity contribution in [1.82, 2.24) is 0 Å². The minimum absolute atomic E-state index is 0.0894. The summed E-state index contributed by atoms with van der Waals surface area (Å²) in [6.45, 7) is 1.60. The van der Waals surface area contributed by atoms with Crippen LogP contribution in [0.25, 0.3) is 11.0 Å². The fourth-order valence-corrected chi connectivity index (χ4v) is 3.43. The highest BCUT2D eigenvalue weighted by atomic mass is 35.5. The average Bonchev–Trinajstić information content (AvgIpc) is 3.08. The van der Waals surface area contributed by atoms with Crippen LogP contribution in [0.3, 0.4) is 0 Å². The Kier molecular flexibility index (Phi) is 7.07. The first kappa shape index (κ1) is 22.9. The number of hydrogen-bond donors (Lipinski definition) is 4. The second-order valence-electron chi connectivity index (χ2n) is 6.76. The highest BCUT2D eigenvalue weighted by Gasteiger charge is 2.25. The fraction of sp³-hybridized carbons (Fsp3) is 0.238. The molecule has 0 aliphatic heterocycles. The number of carbonyl (C=O) groups excluding carboxylic acids is 2. The number of aliphatic hydroxyl groups excluding tert-OH is 2. The molecule has 2 aromatic carbocycles. The average molecular weight is 467 g/mol. The minimum Gasteiger partial charge on any atom is -0.491 e. The van der Waals surface area contributed by atoms with Gasteiger partial charge in [0.15, 0.2) is 5.76 Å². The van der Waals surface area contributed by atoms with Crippen LogP contribution in [0, 0.1) is 0 Å². The molecular formula is C21H20Cl2N2O6. The summed E-state index contributed by atoms with van der Waals surface area (Å²) in [6, 6.07) is 8.13. The van der Waals surface area contributed by atoms with E-state index < -0.39 is 24.0 Å². The molecule has 0 aliphatic carbocycles. The first-order valence-electron chi connectivity index (χ1n) is 9.33. The van der Waals surface area contributed by atoms with E-state index in [0.717, 1.165) is 0 Å². The molecule has 0 radical (unpaired) electrons. The molecule has 10 heteroatoms. The SMILES string of the molecule is CCC(O)C(O)COc1ccc2c(NC(N)=O)c(C(=O)c3ccc(Cl)cc3Cl)oc2c1. The molecule has 0 aliphatic rings. The lowest BCUT2D eigenvalue weighted by molar-refractivity contribution is -0.00905. The summed E-state index contributed by atoms with van der Waals surface area (Å²) in [5, 5.41) is 22.8. The second-order valence-corrected chi connectivity index (χ2v) is 7.60. The monoisotopic (exact) mass is 466 g/mol. The zero-order valence-electron chi connectivity index (χ0n) is 16.4. The predicted molar refractivity (Wildman–Crippen MR) is 117 cm³/mol. The van der Waals surface area contributed by atoms with Crippen LogP contribution in [0.1, 0.15) is 29.5 Å². The van der Waals surface area contributed by atoms with Crippen molar-refractivity contribution < 1.29 is 29.0 Å². The zero-order valence-corrected chi connectivity index (χ0v) is 17.9. The van der Waals surface area contributed by atoms with Crippen molar-refractivity contribution in [3.8, 4) is 5.75 Å². The fourth-order valence-electron chi connectivity index (χ4n) is 2.93. The smallest absolute Gasteiger partial charge is 0.316 e. The number of nitrogens with two attached hydrogens (primary N) is 1. The van der Waals surface area contributed by atoms with Crippen LogP contribution in [0.15, 0.2) is 40.8 Å². The molecule has 8 nitrogen and oxygen atoms in total. The maximum Gasteiger partial charge on any atom is 0.316 e. The van der Waals surface area contributed by atoms with Gasteiger partial charge in [0.1, 0.15) is 29.7 Å². The number of benzene rings is 2. The van der Waals surface area contributed by atoms with Gasteiger partial charge in [-0.25, -0.2) is 4.79 Å². The molecule has 3 rings (SSSR count). The highest BCUT2D eigenvalue weighted by molar-refractivity contribution is 6.37. The molecule has 1 heterocycles. The van der Waals surface area contributed by atoms with E-state index in [1.54, 1.807) is 19.1 Å². The number of halogens is 2. The molecule has 0 spiro atoms. The van der Waals surface area contributed by atoms with Gasteiger partial charge in [-0.1, -0.05) is 30.1 Å². The third-order valence-corrected chi connectivity index (χ3v) is 5.12. The summed E-state index contributed by atoms with van der Waals surface area (Å²) in [4.78, 5) is 24.6. The normalized spacial score (nSPS) is 13.1. The third-order valence-electron chi connectivity index (χ3n) is 4.57. The lowest BCUT2D eigenvalue weighted by Crippen LogP contribution is -2.31. The third kappa shape index (κ3) is 5.11. The molecule has 1 aromatic heterocycles.